The maximum absolute atomic E-state index is 13.0. The Morgan fingerprint density at radius 3 is 3.14 bits per heavy atom. The molecule has 0 saturated heterocycles. The van der Waals surface area contributed by atoms with Crippen molar-refractivity contribution in [1.29, 1.82) is 0 Å². The molecule has 0 amide bonds. The van der Waals surface area contributed by atoms with E-state index in [-0.39, 0.29) is 11.7 Å². The first-order valence-electron chi connectivity index (χ1n) is 4.66. The van der Waals surface area contributed by atoms with Crippen LogP contribution in [-0.2, 0) is 4.79 Å². The number of hydrogen-bond donors (Lipinski definition) is 0. The van der Waals surface area contributed by atoms with Gasteiger partial charge in [0.1, 0.15) is 12.1 Å². The van der Waals surface area contributed by atoms with E-state index < -0.39 is 0 Å². The summed E-state index contributed by atoms with van der Waals surface area (Å²) in [6, 6.07) is 4.76. The molecule has 0 bridgehead atoms. The average Bonchev–Trinajstić information content (AvgIpc) is 2.44. The van der Waals surface area contributed by atoms with Crippen molar-refractivity contribution < 1.29 is 9.18 Å². The van der Waals surface area contributed by atoms with Crippen LogP contribution in [0.25, 0.3) is 0 Å². The Morgan fingerprint density at radius 2 is 2.43 bits per heavy atom. The van der Waals surface area contributed by atoms with Crippen LogP contribution in [0, 0.1) is 5.82 Å². The Bertz CT molecular complexity index is 364. The predicted molar refractivity (Wildman–Crippen MR) is 53.1 cm³/mol. The molecule has 0 spiro atoms. The number of benzene rings is 1. The van der Waals surface area contributed by atoms with E-state index in [4.69, 9.17) is 0 Å². The fourth-order valence-corrected chi connectivity index (χ4v) is 2.04. The zero-order valence-corrected chi connectivity index (χ0v) is 8.03. The van der Waals surface area contributed by atoms with Crippen LogP contribution < -0.4 is 4.90 Å². The average molecular weight is 193 g/mol. The van der Waals surface area contributed by atoms with Gasteiger partial charge in [-0.3, -0.25) is 0 Å². The minimum absolute atomic E-state index is 0.156. The second-order valence-electron chi connectivity index (χ2n) is 3.68. The third-order valence-electron chi connectivity index (χ3n) is 2.72. The lowest BCUT2D eigenvalue weighted by molar-refractivity contribution is -0.108. The Morgan fingerprint density at radius 1 is 1.64 bits per heavy atom. The van der Waals surface area contributed by atoms with Crippen molar-refractivity contribution in [2.45, 2.75) is 12.3 Å². The smallest absolute Gasteiger partial charge is 0.123 e. The van der Waals surface area contributed by atoms with Crippen LogP contribution in [0.3, 0.4) is 0 Å². The van der Waals surface area contributed by atoms with E-state index >= 15 is 0 Å². The molecule has 1 heterocycles. The SMILES string of the molecule is CN1CC(CC=O)c2cc(F)ccc21. The van der Waals surface area contributed by atoms with Crippen molar-refractivity contribution in [3.63, 3.8) is 0 Å². The molecule has 2 nitrogen and oxygen atoms in total. The number of anilines is 1. The zero-order chi connectivity index (χ0) is 10.1. The summed E-state index contributed by atoms with van der Waals surface area (Å²) in [7, 11) is 1.96. The van der Waals surface area contributed by atoms with Gasteiger partial charge in [-0.25, -0.2) is 4.39 Å². The van der Waals surface area contributed by atoms with Crippen LogP contribution in [0.2, 0.25) is 0 Å². The molecule has 1 aromatic rings. The molecule has 3 heteroatoms. The fraction of sp³-hybridized carbons (Fsp3) is 0.364. The number of halogens is 1. The molecular formula is C11H12FNO. The third kappa shape index (κ3) is 1.39. The van der Waals surface area contributed by atoms with E-state index in [0.29, 0.717) is 6.42 Å². The molecule has 0 fully saturated rings. The predicted octanol–water partition coefficient (Wildman–Crippen LogP) is 1.95. The highest BCUT2D eigenvalue weighted by Gasteiger charge is 2.26. The van der Waals surface area contributed by atoms with Crippen molar-refractivity contribution >= 4 is 12.0 Å². The molecule has 0 saturated carbocycles. The molecule has 1 aliphatic rings. The van der Waals surface area contributed by atoms with Gasteiger partial charge in [-0.2, -0.15) is 0 Å². The first-order chi connectivity index (χ1) is 6.72. The molecule has 0 N–H and O–H groups in total. The molecule has 1 aliphatic heterocycles. The number of likely N-dealkylation sites (N-methyl/N-ethyl adjacent to an activating group) is 1. The number of fused-ring (bicyclic) bond motifs is 1. The van der Waals surface area contributed by atoms with Gasteiger partial charge < -0.3 is 9.69 Å². The topological polar surface area (TPSA) is 20.3 Å². The van der Waals surface area contributed by atoms with Crippen molar-refractivity contribution in [3.05, 3.63) is 29.6 Å². The van der Waals surface area contributed by atoms with E-state index in [1.165, 1.54) is 12.1 Å². The number of rotatable bonds is 2. The van der Waals surface area contributed by atoms with Gasteiger partial charge >= 0.3 is 0 Å². The summed E-state index contributed by atoms with van der Waals surface area (Å²) in [5.74, 6) is -0.0712. The van der Waals surface area contributed by atoms with Gasteiger partial charge in [0.05, 0.1) is 0 Å². The first-order valence-corrected chi connectivity index (χ1v) is 4.66. The highest BCUT2D eigenvalue weighted by Crippen LogP contribution is 2.36. The van der Waals surface area contributed by atoms with Crippen LogP contribution in [0.1, 0.15) is 17.9 Å². The summed E-state index contributed by atoms with van der Waals surface area (Å²) in [6.07, 6.45) is 1.37. The monoisotopic (exact) mass is 193 g/mol. The molecule has 74 valence electrons. The molecule has 0 aliphatic carbocycles. The first kappa shape index (κ1) is 9.19. The van der Waals surface area contributed by atoms with E-state index in [1.807, 2.05) is 7.05 Å². The molecular weight excluding hydrogens is 181 g/mol. The number of aldehydes is 1. The molecule has 1 aromatic carbocycles. The summed E-state index contributed by atoms with van der Waals surface area (Å²) in [5, 5.41) is 0. The number of carbonyl (C=O) groups is 1. The Labute approximate surface area is 82.3 Å². The number of nitrogens with zero attached hydrogens (tertiary/aromatic N) is 1. The molecule has 0 aromatic heterocycles. The summed E-state index contributed by atoms with van der Waals surface area (Å²) in [4.78, 5) is 12.5. The second-order valence-corrected chi connectivity index (χ2v) is 3.68. The lowest BCUT2D eigenvalue weighted by Crippen LogP contribution is -2.15. The highest BCUT2D eigenvalue weighted by atomic mass is 19.1. The zero-order valence-electron chi connectivity index (χ0n) is 8.03. The van der Waals surface area contributed by atoms with Gasteiger partial charge in [-0.1, -0.05) is 0 Å². The van der Waals surface area contributed by atoms with E-state index in [9.17, 15) is 9.18 Å². The van der Waals surface area contributed by atoms with Crippen LogP contribution >= 0.6 is 0 Å². The van der Waals surface area contributed by atoms with E-state index in [1.54, 1.807) is 6.07 Å². The summed E-state index contributed by atoms with van der Waals surface area (Å²) < 4.78 is 13.0. The van der Waals surface area contributed by atoms with Crippen LogP contribution in [0.4, 0.5) is 10.1 Å². The van der Waals surface area contributed by atoms with E-state index in [0.717, 1.165) is 24.1 Å². The fourth-order valence-electron chi connectivity index (χ4n) is 2.04. The van der Waals surface area contributed by atoms with Gasteiger partial charge in [0.25, 0.3) is 0 Å². The van der Waals surface area contributed by atoms with Crippen LogP contribution in [0.5, 0.6) is 0 Å². The van der Waals surface area contributed by atoms with Gasteiger partial charge in [0.15, 0.2) is 0 Å². The molecule has 0 radical (unpaired) electrons. The quantitative estimate of drug-likeness (QED) is 0.669. The van der Waals surface area contributed by atoms with E-state index in [2.05, 4.69) is 4.90 Å². The Hall–Kier alpha value is -1.38. The van der Waals surface area contributed by atoms with Crippen molar-refractivity contribution in [1.82, 2.24) is 0 Å². The molecule has 14 heavy (non-hydrogen) atoms. The number of hydrogen-bond acceptors (Lipinski definition) is 2. The minimum atomic E-state index is -0.227. The largest absolute Gasteiger partial charge is 0.374 e. The number of carbonyl (C=O) groups excluding carboxylic acids is 1. The van der Waals surface area contributed by atoms with Crippen molar-refractivity contribution in [2.75, 3.05) is 18.5 Å². The van der Waals surface area contributed by atoms with Crippen LogP contribution in [0.15, 0.2) is 18.2 Å². The van der Waals surface area contributed by atoms with Gasteiger partial charge in [0, 0.05) is 31.6 Å². The summed E-state index contributed by atoms with van der Waals surface area (Å²) >= 11 is 0. The van der Waals surface area contributed by atoms with Crippen molar-refractivity contribution in [2.24, 2.45) is 0 Å². The maximum Gasteiger partial charge on any atom is 0.123 e. The normalized spacial score (nSPS) is 19.6. The van der Waals surface area contributed by atoms with Gasteiger partial charge in [-0.05, 0) is 23.8 Å². The standard InChI is InChI=1S/C11H12FNO/c1-13-7-8(4-5-14)10-6-9(12)2-3-11(10)13/h2-3,5-6,8H,4,7H2,1H3. The van der Waals surface area contributed by atoms with Crippen LogP contribution in [-0.4, -0.2) is 19.9 Å². The minimum Gasteiger partial charge on any atom is -0.374 e. The lowest BCUT2D eigenvalue weighted by Gasteiger charge is -2.11. The Kier molecular flexibility index (Phi) is 2.23. The Balaban J connectivity index is 2.40. The third-order valence-corrected chi connectivity index (χ3v) is 2.72. The molecule has 1 atom stereocenters. The summed E-state index contributed by atoms with van der Waals surface area (Å²) in [5.41, 5.74) is 2.00. The highest BCUT2D eigenvalue weighted by molar-refractivity contribution is 5.63. The van der Waals surface area contributed by atoms with Gasteiger partial charge in [0.2, 0.25) is 0 Å². The second kappa shape index (κ2) is 3.40. The molecule has 2 rings (SSSR count). The summed E-state index contributed by atoms with van der Waals surface area (Å²) in [6.45, 7) is 0.803. The maximum atomic E-state index is 13.0. The van der Waals surface area contributed by atoms with Crippen molar-refractivity contribution in [3.8, 4) is 0 Å². The van der Waals surface area contributed by atoms with Gasteiger partial charge in [-0.15, -0.1) is 0 Å². The molecule has 1 unspecified atom stereocenters. The lowest BCUT2D eigenvalue weighted by atomic mass is 9.99.